The van der Waals surface area contributed by atoms with Crippen LogP contribution in [0.5, 0.6) is 0 Å². The molecule has 238 valence electrons. The number of hydrogen-bond donors (Lipinski definition) is 0. The molecule has 0 aliphatic heterocycles. The molecule has 3 heteroatoms. The summed E-state index contributed by atoms with van der Waals surface area (Å²) in [5.74, 6) is 0. The molecule has 7 aromatic carbocycles. The zero-order chi connectivity index (χ0) is 33.4. The van der Waals surface area contributed by atoms with E-state index in [1.807, 2.05) is 6.07 Å². The zero-order valence-corrected chi connectivity index (χ0v) is 28.0. The zero-order valence-electron chi connectivity index (χ0n) is 28.0. The Balaban J connectivity index is 1.08. The standard InChI is InChI=1S/C47H34N2O/c1-47(2)41-19-11-9-17-37(41)38-27-26-36(30-42(38)47)48(33-13-5-3-6-14-33)35-24-21-31(22-25-35)32-23-28-43-40(29-32)46-45(39-18-10-12-20-44(39)50-46)49(43)34-15-7-4-8-16-34/h3-30H,1-2H3. The van der Waals surface area contributed by atoms with Crippen LogP contribution < -0.4 is 4.90 Å². The Morgan fingerprint density at radius 3 is 1.96 bits per heavy atom. The monoisotopic (exact) mass is 642 g/mol. The van der Waals surface area contributed by atoms with E-state index in [-0.39, 0.29) is 5.41 Å². The van der Waals surface area contributed by atoms with Crippen molar-refractivity contribution in [3.63, 3.8) is 0 Å². The summed E-state index contributed by atoms with van der Waals surface area (Å²) in [6.45, 7) is 4.68. The quantitative estimate of drug-likeness (QED) is 0.186. The van der Waals surface area contributed by atoms with Crippen LogP contribution in [0.4, 0.5) is 17.1 Å². The van der Waals surface area contributed by atoms with Crippen LogP contribution in [0.1, 0.15) is 25.0 Å². The summed E-state index contributed by atoms with van der Waals surface area (Å²) in [4.78, 5) is 2.37. The maximum Gasteiger partial charge on any atom is 0.161 e. The number of fused-ring (bicyclic) bond motifs is 8. The highest BCUT2D eigenvalue weighted by molar-refractivity contribution is 6.17. The molecule has 50 heavy (non-hydrogen) atoms. The molecule has 3 nitrogen and oxygen atoms in total. The third kappa shape index (κ3) is 4.23. The van der Waals surface area contributed by atoms with E-state index in [1.165, 1.54) is 22.3 Å². The lowest BCUT2D eigenvalue weighted by Crippen LogP contribution is -2.16. The number of hydrogen-bond acceptors (Lipinski definition) is 2. The maximum absolute atomic E-state index is 6.55. The lowest BCUT2D eigenvalue weighted by Gasteiger charge is -2.28. The second-order valence-corrected chi connectivity index (χ2v) is 13.8. The molecule has 0 N–H and O–H groups in total. The van der Waals surface area contributed by atoms with Crippen molar-refractivity contribution >= 4 is 50.0 Å². The Morgan fingerprint density at radius 1 is 0.500 bits per heavy atom. The number of benzene rings is 7. The van der Waals surface area contributed by atoms with Crippen molar-refractivity contribution in [2.75, 3.05) is 4.90 Å². The first kappa shape index (κ1) is 28.7. The topological polar surface area (TPSA) is 21.3 Å². The van der Waals surface area contributed by atoms with Gasteiger partial charge in [0.25, 0.3) is 0 Å². The summed E-state index contributed by atoms with van der Waals surface area (Å²) in [7, 11) is 0. The van der Waals surface area contributed by atoms with Gasteiger partial charge >= 0.3 is 0 Å². The number of anilines is 3. The highest BCUT2D eigenvalue weighted by atomic mass is 16.3. The smallest absolute Gasteiger partial charge is 0.161 e. The summed E-state index contributed by atoms with van der Waals surface area (Å²) in [5, 5.41) is 2.22. The largest absolute Gasteiger partial charge is 0.454 e. The van der Waals surface area contributed by atoms with Gasteiger partial charge in [0.15, 0.2) is 5.58 Å². The van der Waals surface area contributed by atoms with Gasteiger partial charge in [0.1, 0.15) is 11.1 Å². The summed E-state index contributed by atoms with van der Waals surface area (Å²) in [6, 6.07) is 61.0. The number of para-hydroxylation sites is 3. The van der Waals surface area contributed by atoms with Crippen molar-refractivity contribution in [3.8, 4) is 27.9 Å². The van der Waals surface area contributed by atoms with Crippen LogP contribution in [-0.4, -0.2) is 4.57 Å². The van der Waals surface area contributed by atoms with Crippen molar-refractivity contribution < 1.29 is 4.42 Å². The first-order valence-corrected chi connectivity index (χ1v) is 17.3. The Bertz CT molecular complexity index is 2720. The van der Waals surface area contributed by atoms with Crippen LogP contribution in [0, 0.1) is 0 Å². The lowest BCUT2D eigenvalue weighted by molar-refractivity contribution is 0.660. The van der Waals surface area contributed by atoms with Gasteiger partial charge in [-0.05, 0) is 106 Å². The normalized spacial score (nSPS) is 13.2. The van der Waals surface area contributed by atoms with Crippen LogP contribution in [-0.2, 0) is 5.41 Å². The third-order valence-electron chi connectivity index (χ3n) is 10.6. The molecule has 0 fully saturated rings. The van der Waals surface area contributed by atoms with Crippen LogP contribution in [0.25, 0.3) is 60.9 Å². The van der Waals surface area contributed by atoms with Crippen molar-refractivity contribution in [1.29, 1.82) is 0 Å². The second-order valence-electron chi connectivity index (χ2n) is 13.8. The van der Waals surface area contributed by atoms with E-state index < -0.39 is 0 Å². The molecule has 0 atom stereocenters. The summed E-state index contributed by atoms with van der Waals surface area (Å²) >= 11 is 0. The van der Waals surface area contributed by atoms with Gasteiger partial charge in [-0.1, -0.05) is 111 Å². The molecule has 0 spiro atoms. The molecule has 2 heterocycles. The predicted molar refractivity (Wildman–Crippen MR) is 208 cm³/mol. The van der Waals surface area contributed by atoms with Gasteiger partial charge in [0.2, 0.25) is 0 Å². The fourth-order valence-corrected chi connectivity index (χ4v) is 8.15. The fourth-order valence-electron chi connectivity index (χ4n) is 8.15. The Labute approximate surface area is 291 Å². The fraction of sp³-hybridized carbons (Fsp3) is 0.0638. The van der Waals surface area contributed by atoms with Crippen molar-refractivity contribution in [3.05, 3.63) is 181 Å². The van der Waals surface area contributed by atoms with E-state index >= 15 is 0 Å². The number of aromatic nitrogens is 1. The molecule has 2 aromatic heterocycles. The van der Waals surface area contributed by atoms with E-state index in [2.05, 4.69) is 187 Å². The first-order valence-electron chi connectivity index (χ1n) is 17.3. The van der Waals surface area contributed by atoms with Crippen molar-refractivity contribution in [2.45, 2.75) is 19.3 Å². The van der Waals surface area contributed by atoms with E-state index in [9.17, 15) is 0 Å². The van der Waals surface area contributed by atoms with Gasteiger partial charge < -0.3 is 13.9 Å². The van der Waals surface area contributed by atoms with Gasteiger partial charge in [0, 0.05) is 38.9 Å². The second kappa shape index (κ2) is 10.8. The first-order chi connectivity index (χ1) is 24.6. The number of nitrogens with zero attached hydrogens (tertiary/aromatic N) is 2. The van der Waals surface area contributed by atoms with E-state index in [4.69, 9.17) is 4.42 Å². The summed E-state index contributed by atoms with van der Waals surface area (Å²) < 4.78 is 8.88. The molecule has 0 radical (unpaired) electrons. The molecule has 0 unspecified atom stereocenters. The molecule has 0 saturated carbocycles. The van der Waals surface area contributed by atoms with Crippen molar-refractivity contribution in [1.82, 2.24) is 4.57 Å². The molecule has 0 bridgehead atoms. The molecule has 0 saturated heterocycles. The van der Waals surface area contributed by atoms with Gasteiger partial charge in [0.05, 0.1) is 5.52 Å². The third-order valence-corrected chi connectivity index (χ3v) is 10.6. The molecular weight excluding hydrogens is 609 g/mol. The highest BCUT2D eigenvalue weighted by Gasteiger charge is 2.35. The van der Waals surface area contributed by atoms with E-state index in [1.54, 1.807) is 0 Å². The minimum atomic E-state index is -0.0719. The predicted octanol–water partition coefficient (Wildman–Crippen LogP) is 13.0. The van der Waals surface area contributed by atoms with Crippen LogP contribution in [0.15, 0.2) is 174 Å². The van der Waals surface area contributed by atoms with Gasteiger partial charge in [-0.3, -0.25) is 0 Å². The van der Waals surface area contributed by atoms with Crippen LogP contribution in [0.3, 0.4) is 0 Å². The molecule has 1 aliphatic rings. The Hall–Kier alpha value is -6.32. The Kier molecular flexibility index (Phi) is 6.22. The summed E-state index contributed by atoms with van der Waals surface area (Å²) in [6.07, 6.45) is 0. The number of furan rings is 1. The molecule has 1 aliphatic carbocycles. The Morgan fingerprint density at radius 2 is 1.14 bits per heavy atom. The van der Waals surface area contributed by atoms with Gasteiger partial charge in [-0.25, -0.2) is 0 Å². The lowest BCUT2D eigenvalue weighted by atomic mass is 9.82. The van der Waals surface area contributed by atoms with Crippen LogP contribution in [0.2, 0.25) is 0 Å². The van der Waals surface area contributed by atoms with Crippen LogP contribution >= 0.6 is 0 Å². The molecule has 10 rings (SSSR count). The SMILES string of the molecule is CC1(C)c2ccccc2-c2ccc(N(c3ccccc3)c3ccc(-c4ccc5c(c4)c4oc6ccccc6c4n5-c4ccccc4)cc3)cc21. The highest BCUT2D eigenvalue weighted by Crippen LogP contribution is 2.50. The van der Waals surface area contributed by atoms with Gasteiger partial charge in [-0.15, -0.1) is 0 Å². The minimum Gasteiger partial charge on any atom is -0.454 e. The van der Waals surface area contributed by atoms with E-state index in [0.29, 0.717) is 0 Å². The van der Waals surface area contributed by atoms with Gasteiger partial charge in [-0.2, -0.15) is 0 Å². The maximum atomic E-state index is 6.55. The van der Waals surface area contributed by atoms with Crippen molar-refractivity contribution in [2.24, 2.45) is 0 Å². The average molecular weight is 643 g/mol. The minimum absolute atomic E-state index is 0.0719. The average Bonchev–Trinajstić information content (AvgIpc) is 3.77. The molecular formula is C47H34N2O. The van der Waals surface area contributed by atoms with E-state index in [0.717, 1.165) is 66.8 Å². The number of rotatable bonds is 5. The molecule has 9 aromatic rings. The summed E-state index contributed by atoms with van der Waals surface area (Å²) in [5.41, 5.74) is 16.2. The molecule has 0 amide bonds.